The van der Waals surface area contributed by atoms with Gasteiger partial charge in [-0.15, -0.1) is 0 Å². The molecule has 0 heterocycles. The molecule has 2 aromatic rings. The van der Waals surface area contributed by atoms with Crippen molar-refractivity contribution in [2.75, 3.05) is 5.32 Å². The van der Waals surface area contributed by atoms with Gasteiger partial charge in [0.1, 0.15) is 0 Å². The van der Waals surface area contributed by atoms with Crippen molar-refractivity contribution in [2.24, 2.45) is 5.73 Å². The van der Waals surface area contributed by atoms with Gasteiger partial charge in [0.2, 0.25) is 5.91 Å². The third-order valence-electron chi connectivity index (χ3n) is 3.84. The Bertz CT molecular complexity index is 714. The second-order valence-corrected chi connectivity index (χ2v) is 5.92. The van der Waals surface area contributed by atoms with E-state index in [1.165, 1.54) is 5.56 Å². The Morgan fingerprint density at radius 3 is 2.46 bits per heavy atom. The number of nitrogens with two attached hydrogens (primary N) is 1. The summed E-state index contributed by atoms with van der Waals surface area (Å²) in [6.45, 7) is 3.76. The SMILES string of the molecule is Cc1cc(NC(=O)NC(C)CCc2ccccc2)ccc1C(N)=O. The van der Waals surface area contributed by atoms with E-state index in [9.17, 15) is 9.59 Å². The van der Waals surface area contributed by atoms with Crippen molar-refractivity contribution >= 4 is 17.6 Å². The zero-order chi connectivity index (χ0) is 17.5. The highest BCUT2D eigenvalue weighted by atomic mass is 16.2. The Balaban J connectivity index is 1.84. The molecule has 3 amide bonds. The lowest BCUT2D eigenvalue weighted by Crippen LogP contribution is -2.36. The number of benzene rings is 2. The number of urea groups is 1. The molecule has 0 aliphatic heterocycles. The summed E-state index contributed by atoms with van der Waals surface area (Å²) in [4.78, 5) is 23.3. The monoisotopic (exact) mass is 325 g/mol. The molecule has 2 aromatic carbocycles. The molecule has 2 rings (SSSR count). The Hall–Kier alpha value is -2.82. The molecule has 0 saturated heterocycles. The molecule has 24 heavy (non-hydrogen) atoms. The first kappa shape index (κ1) is 17.5. The van der Waals surface area contributed by atoms with Crippen LogP contribution in [-0.4, -0.2) is 18.0 Å². The Labute approximate surface area is 142 Å². The van der Waals surface area contributed by atoms with Crippen molar-refractivity contribution in [3.05, 3.63) is 65.2 Å². The summed E-state index contributed by atoms with van der Waals surface area (Å²) in [6.07, 6.45) is 1.77. The minimum Gasteiger partial charge on any atom is -0.366 e. The predicted octanol–water partition coefficient (Wildman–Crippen LogP) is 3.24. The first-order chi connectivity index (χ1) is 11.5. The van der Waals surface area contributed by atoms with E-state index >= 15 is 0 Å². The van der Waals surface area contributed by atoms with Crippen LogP contribution in [-0.2, 0) is 6.42 Å². The van der Waals surface area contributed by atoms with Crippen molar-refractivity contribution in [2.45, 2.75) is 32.7 Å². The van der Waals surface area contributed by atoms with Gasteiger partial charge in [0, 0.05) is 17.3 Å². The summed E-state index contributed by atoms with van der Waals surface area (Å²) in [5.41, 5.74) is 8.35. The maximum absolute atomic E-state index is 12.1. The largest absolute Gasteiger partial charge is 0.366 e. The van der Waals surface area contributed by atoms with E-state index in [1.807, 2.05) is 25.1 Å². The number of carbonyl (C=O) groups excluding carboxylic acids is 2. The van der Waals surface area contributed by atoms with Crippen LogP contribution in [0.4, 0.5) is 10.5 Å². The van der Waals surface area contributed by atoms with Crippen molar-refractivity contribution in [1.82, 2.24) is 5.32 Å². The zero-order valence-corrected chi connectivity index (χ0v) is 14.0. The third kappa shape index (κ3) is 5.12. The van der Waals surface area contributed by atoms with E-state index in [4.69, 9.17) is 5.73 Å². The Morgan fingerprint density at radius 2 is 1.83 bits per heavy atom. The molecular weight excluding hydrogens is 302 g/mol. The van der Waals surface area contributed by atoms with Gasteiger partial charge in [-0.2, -0.15) is 0 Å². The molecule has 126 valence electrons. The number of hydrogen-bond donors (Lipinski definition) is 3. The van der Waals surface area contributed by atoms with Crippen LogP contribution in [0.5, 0.6) is 0 Å². The van der Waals surface area contributed by atoms with E-state index in [1.54, 1.807) is 25.1 Å². The molecule has 0 aromatic heterocycles. The molecule has 1 unspecified atom stereocenters. The van der Waals surface area contributed by atoms with E-state index in [0.29, 0.717) is 11.3 Å². The van der Waals surface area contributed by atoms with Crippen molar-refractivity contribution < 1.29 is 9.59 Å². The van der Waals surface area contributed by atoms with Gasteiger partial charge in [-0.1, -0.05) is 30.3 Å². The minimum atomic E-state index is -0.474. The lowest BCUT2D eigenvalue weighted by molar-refractivity contribution is 0.0999. The molecule has 5 heteroatoms. The summed E-state index contributed by atoms with van der Waals surface area (Å²) in [7, 11) is 0. The standard InChI is InChI=1S/C19H23N3O2/c1-13-12-16(10-11-17(13)18(20)23)22-19(24)21-14(2)8-9-15-6-4-3-5-7-15/h3-7,10-12,14H,8-9H2,1-2H3,(H2,20,23)(H2,21,22,24). The van der Waals surface area contributed by atoms with Crippen LogP contribution < -0.4 is 16.4 Å². The quantitative estimate of drug-likeness (QED) is 0.762. The molecule has 5 nitrogen and oxygen atoms in total. The number of hydrogen-bond acceptors (Lipinski definition) is 2. The number of anilines is 1. The second kappa shape index (κ2) is 8.15. The average Bonchev–Trinajstić information content (AvgIpc) is 2.53. The van der Waals surface area contributed by atoms with Crippen LogP contribution >= 0.6 is 0 Å². The van der Waals surface area contributed by atoms with Gasteiger partial charge in [0.25, 0.3) is 0 Å². The van der Waals surface area contributed by atoms with Crippen LogP contribution in [0.2, 0.25) is 0 Å². The maximum Gasteiger partial charge on any atom is 0.319 e. The molecule has 0 radical (unpaired) electrons. The van der Waals surface area contributed by atoms with Crippen LogP contribution in [0, 0.1) is 6.92 Å². The molecule has 0 aliphatic carbocycles. The second-order valence-electron chi connectivity index (χ2n) is 5.92. The first-order valence-electron chi connectivity index (χ1n) is 7.97. The normalized spacial score (nSPS) is 11.6. The van der Waals surface area contributed by atoms with Gasteiger partial charge in [-0.3, -0.25) is 4.79 Å². The molecule has 0 fully saturated rings. The fourth-order valence-corrected chi connectivity index (χ4v) is 2.51. The first-order valence-corrected chi connectivity index (χ1v) is 7.97. The molecule has 0 saturated carbocycles. The van der Waals surface area contributed by atoms with Crippen LogP contribution in [0.3, 0.4) is 0 Å². The van der Waals surface area contributed by atoms with Gasteiger partial charge >= 0.3 is 6.03 Å². The fourth-order valence-electron chi connectivity index (χ4n) is 2.51. The van der Waals surface area contributed by atoms with E-state index in [2.05, 4.69) is 22.8 Å². The highest BCUT2D eigenvalue weighted by Crippen LogP contribution is 2.15. The van der Waals surface area contributed by atoms with E-state index in [-0.39, 0.29) is 12.1 Å². The van der Waals surface area contributed by atoms with E-state index < -0.39 is 5.91 Å². The van der Waals surface area contributed by atoms with E-state index in [0.717, 1.165) is 18.4 Å². The summed E-state index contributed by atoms with van der Waals surface area (Å²) >= 11 is 0. The van der Waals surface area contributed by atoms with Gasteiger partial charge in [-0.25, -0.2) is 4.79 Å². The lowest BCUT2D eigenvalue weighted by atomic mass is 10.1. The summed E-state index contributed by atoms with van der Waals surface area (Å²) in [5, 5.41) is 5.69. The highest BCUT2D eigenvalue weighted by molar-refractivity contribution is 5.96. The van der Waals surface area contributed by atoms with Crippen LogP contribution in [0.1, 0.15) is 34.8 Å². The maximum atomic E-state index is 12.1. The van der Waals surface area contributed by atoms with Gasteiger partial charge in [0.05, 0.1) is 0 Å². The predicted molar refractivity (Wildman–Crippen MR) is 96.1 cm³/mol. The van der Waals surface area contributed by atoms with Gasteiger partial charge in [0.15, 0.2) is 0 Å². The van der Waals surface area contributed by atoms with Crippen molar-refractivity contribution in [3.8, 4) is 0 Å². The molecule has 0 spiro atoms. The zero-order valence-electron chi connectivity index (χ0n) is 14.0. The fraction of sp³-hybridized carbons (Fsp3) is 0.263. The molecule has 1 atom stereocenters. The van der Waals surface area contributed by atoms with Crippen LogP contribution in [0.25, 0.3) is 0 Å². The molecular formula is C19H23N3O2. The number of carbonyl (C=O) groups is 2. The van der Waals surface area contributed by atoms with Gasteiger partial charge < -0.3 is 16.4 Å². The van der Waals surface area contributed by atoms with Crippen LogP contribution in [0.15, 0.2) is 48.5 Å². The molecule has 0 bridgehead atoms. The van der Waals surface area contributed by atoms with Crippen molar-refractivity contribution in [1.29, 1.82) is 0 Å². The number of aryl methyl sites for hydroxylation is 2. The summed E-state index contributed by atoms with van der Waals surface area (Å²) in [6, 6.07) is 15.0. The average molecular weight is 325 g/mol. The topological polar surface area (TPSA) is 84.2 Å². The Kier molecular flexibility index (Phi) is 5.95. The number of nitrogens with one attached hydrogen (secondary N) is 2. The third-order valence-corrected chi connectivity index (χ3v) is 3.84. The smallest absolute Gasteiger partial charge is 0.319 e. The summed E-state index contributed by atoms with van der Waals surface area (Å²) in [5.74, 6) is -0.474. The summed E-state index contributed by atoms with van der Waals surface area (Å²) < 4.78 is 0. The number of amides is 3. The lowest BCUT2D eigenvalue weighted by Gasteiger charge is -2.15. The minimum absolute atomic E-state index is 0.0520. The highest BCUT2D eigenvalue weighted by Gasteiger charge is 2.10. The number of primary amides is 1. The molecule has 4 N–H and O–H groups in total. The Morgan fingerprint density at radius 1 is 1.12 bits per heavy atom. The number of rotatable bonds is 6. The van der Waals surface area contributed by atoms with Gasteiger partial charge in [-0.05, 0) is 56.0 Å². The van der Waals surface area contributed by atoms with Crippen molar-refractivity contribution in [3.63, 3.8) is 0 Å². The molecule has 0 aliphatic rings.